The number of fused-ring (bicyclic) bond motifs is 2. The normalized spacial score (nSPS) is 34.2. The second kappa shape index (κ2) is 9.65. The fourth-order valence-electron chi connectivity index (χ4n) is 6.83. The van der Waals surface area contributed by atoms with Crippen molar-refractivity contribution in [1.29, 1.82) is 0 Å². The summed E-state index contributed by atoms with van der Waals surface area (Å²) in [7, 11) is 0. The Hall–Kier alpha value is -2.97. The van der Waals surface area contributed by atoms with Crippen LogP contribution in [0.25, 0.3) is 0 Å². The third kappa shape index (κ3) is 3.83. The van der Waals surface area contributed by atoms with E-state index < -0.39 is 41.1 Å². The number of benzene rings is 1. The molecule has 1 N–H and O–H groups in total. The lowest BCUT2D eigenvalue weighted by Crippen LogP contribution is -2.60. The quantitative estimate of drug-likeness (QED) is 0.472. The van der Waals surface area contributed by atoms with E-state index in [0.29, 0.717) is 19.4 Å². The Balaban J connectivity index is 1.71. The summed E-state index contributed by atoms with van der Waals surface area (Å²) in [6.07, 6.45) is 8.72. The van der Waals surface area contributed by atoms with Crippen LogP contribution in [0.5, 0.6) is 0 Å². The van der Waals surface area contributed by atoms with Gasteiger partial charge in [0.1, 0.15) is 17.6 Å². The number of likely N-dealkylation sites (tertiary alicyclic amines) is 1. The number of aliphatic hydroxyl groups excluding tert-OH is 1. The van der Waals surface area contributed by atoms with Gasteiger partial charge in [-0.05, 0) is 50.3 Å². The third-order valence-electron chi connectivity index (χ3n) is 8.96. The van der Waals surface area contributed by atoms with Gasteiger partial charge in [-0.3, -0.25) is 14.4 Å². The zero-order valence-electron chi connectivity index (χ0n) is 22.8. The maximum absolute atomic E-state index is 14.6. The summed E-state index contributed by atoms with van der Waals surface area (Å²) in [6, 6.07) is 4.30. The fourth-order valence-corrected chi connectivity index (χ4v) is 6.83. The number of carbonyl (C=O) groups excluding carboxylic acids is 3. The molecule has 8 nitrogen and oxygen atoms in total. The number of carbonyl (C=O) groups is 3. The first-order valence-corrected chi connectivity index (χ1v) is 13.6. The second-order valence-electron chi connectivity index (χ2n) is 11.4. The van der Waals surface area contributed by atoms with E-state index in [1.807, 2.05) is 70.2 Å². The number of aryl methyl sites for hydroxylation is 2. The van der Waals surface area contributed by atoms with Crippen LogP contribution >= 0.6 is 0 Å². The molecule has 4 heterocycles. The average Bonchev–Trinajstić information content (AvgIpc) is 3.20. The van der Waals surface area contributed by atoms with Gasteiger partial charge in [0.25, 0.3) is 5.91 Å². The molecule has 1 unspecified atom stereocenters. The molecule has 204 valence electrons. The average molecular weight is 523 g/mol. The van der Waals surface area contributed by atoms with Gasteiger partial charge in [-0.2, -0.15) is 0 Å². The number of anilines is 1. The Labute approximate surface area is 224 Å². The Morgan fingerprint density at radius 1 is 1.11 bits per heavy atom. The summed E-state index contributed by atoms with van der Waals surface area (Å²) in [5.41, 5.74) is 0.225. The van der Waals surface area contributed by atoms with Crippen LogP contribution in [-0.4, -0.2) is 70.8 Å². The Bertz CT molecular complexity index is 1210. The van der Waals surface area contributed by atoms with E-state index in [9.17, 15) is 19.5 Å². The van der Waals surface area contributed by atoms with Gasteiger partial charge in [0.05, 0.1) is 30.8 Å². The van der Waals surface area contributed by atoms with Gasteiger partial charge in [0.2, 0.25) is 5.91 Å². The van der Waals surface area contributed by atoms with E-state index in [0.717, 1.165) is 16.8 Å². The van der Waals surface area contributed by atoms with E-state index in [2.05, 4.69) is 0 Å². The number of cyclic esters (lactones) is 1. The van der Waals surface area contributed by atoms with Gasteiger partial charge in [0, 0.05) is 12.2 Å². The molecular weight excluding hydrogens is 484 g/mol. The van der Waals surface area contributed by atoms with Crippen molar-refractivity contribution in [1.82, 2.24) is 4.90 Å². The SMILES string of the molecule is CC[C@H](C)[C@H](CO)N1C(=O)[C@@H]2[C@@H]3C(=O)OCCC=C[C@]3(C)O[C@@]23C=CCN(c2cc(C)ccc2C)C(=O)C13. The summed E-state index contributed by atoms with van der Waals surface area (Å²) < 4.78 is 12.4. The molecule has 2 fully saturated rings. The monoisotopic (exact) mass is 522 g/mol. The lowest BCUT2D eigenvalue weighted by atomic mass is 9.74. The van der Waals surface area contributed by atoms with Crippen molar-refractivity contribution >= 4 is 23.5 Å². The number of hydrogen-bond acceptors (Lipinski definition) is 6. The Morgan fingerprint density at radius 3 is 2.58 bits per heavy atom. The first-order chi connectivity index (χ1) is 18.1. The van der Waals surface area contributed by atoms with Gasteiger partial charge in [0.15, 0.2) is 0 Å². The first kappa shape index (κ1) is 26.6. The predicted molar refractivity (Wildman–Crippen MR) is 142 cm³/mol. The van der Waals surface area contributed by atoms with Gasteiger partial charge in [-0.1, -0.05) is 56.7 Å². The number of ether oxygens (including phenoxy) is 2. The van der Waals surface area contributed by atoms with Crippen LogP contribution in [0.4, 0.5) is 5.69 Å². The maximum Gasteiger partial charge on any atom is 0.313 e. The second-order valence-corrected chi connectivity index (χ2v) is 11.4. The van der Waals surface area contributed by atoms with E-state index in [-0.39, 0.29) is 30.9 Å². The highest BCUT2D eigenvalue weighted by atomic mass is 16.6. The van der Waals surface area contributed by atoms with Crippen molar-refractivity contribution in [3.8, 4) is 0 Å². The topological polar surface area (TPSA) is 96.4 Å². The molecule has 0 bridgehead atoms. The molecule has 5 rings (SSSR count). The van der Waals surface area contributed by atoms with Crippen molar-refractivity contribution in [2.24, 2.45) is 17.8 Å². The van der Waals surface area contributed by atoms with E-state index >= 15 is 0 Å². The summed E-state index contributed by atoms with van der Waals surface area (Å²) >= 11 is 0. The van der Waals surface area contributed by atoms with Crippen molar-refractivity contribution in [2.75, 3.05) is 24.7 Å². The van der Waals surface area contributed by atoms with E-state index in [1.165, 1.54) is 4.90 Å². The number of amides is 2. The van der Waals surface area contributed by atoms with Crippen molar-refractivity contribution in [2.45, 2.75) is 70.7 Å². The molecule has 1 spiro atoms. The standard InChI is InChI=1S/C30H38N2O6/c1-6-19(3)22(17-33)32-25-27(35)31(21-16-18(2)10-11-20(21)4)14-9-13-30(25)23(26(32)34)24-28(36)37-15-8-7-12-29(24,5)38-30/h7,9-13,16,19,22-25,33H,6,8,14-15,17H2,1-5H3/t19-,22-,23-,24+,25?,29-,30-/m0/s1. The van der Waals surface area contributed by atoms with Crippen LogP contribution in [-0.2, 0) is 23.9 Å². The zero-order chi connectivity index (χ0) is 27.4. The summed E-state index contributed by atoms with van der Waals surface area (Å²) in [6.45, 7) is 9.92. The molecule has 4 aliphatic heterocycles. The highest BCUT2D eigenvalue weighted by molar-refractivity contribution is 6.06. The minimum atomic E-state index is -1.38. The number of nitrogens with zero attached hydrogens (tertiary/aromatic N) is 2. The predicted octanol–water partition coefficient (Wildman–Crippen LogP) is 3.09. The van der Waals surface area contributed by atoms with Gasteiger partial charge in [-0.25, -0.2) is 0 Å². The highest BCUT2D eigenvalue weighted by Gasteiger charge is 2.75. The van der Waals surface area contributed by atoms with Crippen LogP contribution in [0.15, 0.2) is 42.5 Å². The molecule has 2 amide bonds. The van der Waals surface area contributed by atoms with Gasteiger partial charge in [-0.15, -0.1) is 0 Å². The molecule has 38 heavy (non-hydrogen) atoms. The molecule has 0 radical (unpaired) electrons. The van der Waals surface area contributed by atoms with Crippen LogP contribution in [0.2, 0.25) is 0 Å². The van der Waals surface area contributed by atoms with Crippen LogP contribution in [0.3, 0.4) is 0 Å². The molecule has 1 aromatic rings. The molecular formula is C30H38N2O6. The third-order valence-corrected chi connectivity index (χ3v) is 8.96. The smallest absolute Gasteiger partial charge is 0.313 e. The minimum Gasteiger partial charge on any atom is -0.465 e. The summed E-state index contributed by atoms with van der Waals surface area (Å²) in [5, 5.41) is 10.5. The number of esters is 1. The first-order valence-electron chi connectivity index (χ1n) is 13.6. The molecule has 4 aliphatic rings. The van der Waals surface area contributed by atoms with Crippen molar-refractivity contribution < 1.29 is 29.0 Å². The summed E-state index contributed by atoms with van der Waals surface area (Å²) in [5.74, 6) is -3.08. The van der Waals surface area contributed by atoms with Crippen molar-refractivity contribution in [3.05, 3.63) is 53.6 Å². The zero-order valence-corrected chi connectivity index (χ0v) is 22.8. The minimum absolute atomic E-state index is 0.0791. The van der Waals surface area contributed by atoms with Crippen LogP contribution in [0, 0.1) is 31.6 Å². The summed E-state index contributed by atoms with van der Waals surface area (Å²) in [4.78, 5) is 45.7. The Morgan fingerprint density at radius 2 is 1.87 bits per heavy atom. The highest BCUT2D eigenvalue weighted by Crippen LogP contribution is 2.58. The van der Waals surface area contributed by atoms with Crippen LogP contribution < -0.4 is 4.90 Å². The van der Waals surface area contributed by atoms with E-state index in [1.54, 1.807) is 11.8 Å². The molecule has 2 saturated heterocycles. The van der Waals surface area contributed by atoms with Gasteiger partial charge >= 0.3 is 5.97 Å². The number of rotatable bonds is 5. The molecule has 7 atom stereocenters. The lowest BCUT2D eigenvalue weighted by molar-refractivity contribution is -0.160. The molecule has 0 saturated carbocycles. The van der Waals surface area contributed by atoms with E-state index in [4.69, 9.17) is 9.47 Å². The number of aliphatic hydroxyl groups is 1. The van der Waals surface area contributed by atoms with Crippen LogP contribution in [0.1, 0.15) is 44.7 Å². The van der Waals surface area contributed by atoms with Crippen molar-refractivity contribution in [3.63, 3.8) is 0 Å². The molecule has 1 aromatic carbocycles. The molecule has 0 aromatic heterocycles. The Kier molecular flexibility index (Phi) is 6.76. The number of hydrogen-bond donors (Lipinski definition) is 1. The maximum atomic E-state index is 14.6. The largest absolute Gasteiger partial charge is 0.465 e. The fraction of sp³-hybridized carbons (Fsp3) is 0.567. The molecule has 0 aliphatic carbocycles. The van der Waals surface area contributed by atoms with Gasteiger partial charge < -0.3 is 24.4 Å². The lowest BCUT2D eigenvalue weighted by Gasteiger charge is -2.41. The molecule has 8 heteroatoms.